The van der Waals surface area contributed by atoms with E-state index in [0.29, 0.717) is 4.47 Å². The molecule has 1 aromatic carbocycles. The Balaban J connectivity index is 2.44. The topological polar surface area (TPSA) is 128 Å². The molecule has 0 atom stereocenters. The van der Waals surface area contributed by atoms with Crippen molar-refractivity contribution in [1.29, 1.82) is 0 Å². The highest BCUT2D eigenvalue weighted by Gasteiger charge is 2.26. The average Bonchev–Trinajstić information content (AvgIpc) is 2.40. The molecule has 10 heteroatoms. The molecule has 0 aliphatic carbocycles. The van der Waals surface area contributed by atoms with Crippen LogP contribution in [0.25, 0.3) is 0 Å². The van der Waals surface area contributed by atoms with Gasteiger partial charge in [-0.05, 0) is 40.2 Å². The van der Waals surface area contributed by atoms with Crippen LogP contribution in [0.5, 0.6) is 0 Å². The number of hydrogen-bond donors (Lipinski definition) is 2. The molecule has 1 heterocycles. The smallest absolute Gasteiger partial charge is 0.291 e. The van der Waals surface area contributed by atoms with E-state index in [1.54, 1.807) is 6.07 Å². The lowest BCUT2D eigenvalue weighted by molar-refractivity contribution is -0.387. The van der Waals surface area contributed by atoms with Gasteiger partial charge in [0, 0.05) is 22.4 Å². The number of nitrogens with zero attached hydrogens (tertiary/aromatic N) is 2. The SMILES string of the molecule is Nc1ccc(S(=O)(=O)Nc2ccc(Br)cn2)c([N+](=O)[O-])c1. The van der Waals surface area contributed by atoms with Crippen molar-refractivity contribution < 1.29 is 13.3 Å². The minimum atomic E-state index is -4.14. The number of pyridine rings is 1. The number of halogens is 1. The first-order valence-electron chi connectivity index (χ1n) is 5.48. The second-order valence-corrected chi connectivity index (χ2v) is 6.52. The van der Waals surface area contributed by atoms with Crippen molar-refractivity contribution in [2.24, 2.45) is 0 Å². The number of hydrogen-bond acceptors (Lipinski definition) is 6. The van der Waals surface area contributed by atoms with Crippen LogP contribution in [-0.4, -0.2) is 18.3 Å². The van der Waals surface area contributed by atoms with Crippen molar-refractivity contribution in [3.05, 3.63) is 51.1 Å². The largest absolute Gasteiger partial charge is 0.399 e. The molecule has 0 spiro atoms. The first-order valence-corrected chi connectivity index (χ1v) is 7.75. The highest BCUT2D eigenvalue weighted by Crippen LogP contribution is 2.27. The van der Waals surface area contributed by atoms with Gasteiger partial charge in [0.2, 0.25) is 0 Å². The summed E-state index contributed by atoms with van der Waals surface area (Å²) < 4.78 is 27.3. The Labute approximate surface area is 128 Å². The quantitative estimate of drug-likeness (QED) is 0.480. The Morgan fingerprint density at radius 3 is 2.57 bits per heavy atom. The van der Waals surface area contributed by atoms with E-state index in [1.165, 1.54) is 18.3 Å². The third-order valence-corrected chi connectivity index (χ3v) is 4.31. The summed E-state index contributed by atoms with van der Waals surface area (Å²) in [5, 5.41) is 11.0. The minimum absolute atomic E-state index is 0.0457. The molecular weight excluding hydrogens is 364 g/mol. The average molecular weight is 373 g/mol. The van der Waals surface area contributed by atoms with Crippen LogP contribution in [0.4, 0.5) is 17.2 Å². The fourth-order valence-electron chi connectivity index (χ4n) is 1.53. The lowest BCUT2D eigenvalue weighted by Gasteiger charge is -2.08. The van der Waals surface area contributed by atoms with Gasteiger partial charge in [0.1, 0.15) is 5.82 Å². The number of rotatable bonds is 4. The van der Waals surface area contributed by atoms with Gasteiger partial charge in [0.15, 0.2) is 4.90 Å². The van der Waals surface area contributed by atoms with Gasteiger partial charge in [-0.2, -0.15) is 0 Å². The van der Waals surface area contributed by atoms with Crippen LogP contribution in [0, 0.1) is 10.1 Å². The first-order chi connectivity index (χ1) is 9.79. The van der Waals surface area contributed by atoms with E-state index in [9.17, 15) is 18.5 Å². The number of sulfonamides is 1. The summed E-state index contributed by atoms with van der Waals surface area (Å²) in [6.45, 7) is 0. The molecule has 0 radical (unpaired) electrons. The maximum atomic E-state index is 12.2. The molecule has 21 heavy (non-hydrogen) atoms. The zero-order chi connectivity index (χ0) is 15.6. The van der Waals surface area contributed by atoms with E-state index in [-0.39, 0.29) is 11.5 Å². The van der Waals surface area contributed by atoms with Crippen molar-refractivity contribution >= 4 is 43.1 Å². The molecule has 2 rings (SSSR count). The van der Waals surface area contributed by atoms with Gasteiger partial charge in [0.25, 0.3) is 15.7 Å². The predicted molar refractivity (Wildman–Crippen MR) is 80.3 cm³/mol. The van der Waals surface area contributed by atoms with E-state index in [1.807, 2.05) is 0 Å². The molecule has 0 saturated carbocycles. The van der Waals surface area contributed by atoms with Crippen molar-refractivity contribution in [2.75, 3.05) is 10.5 Å². The Kier molecular flexibility index (Phi) is 4.09. The van der Waals surface area contributed by atoms with Crippen molar-refractivity contribution in [3.63, 3.8) is 0 Å². The maximum Gasteiger partial charge on any atom is 0.291 e. The van der Waals surface area contributed by atoms with Crippen LogP contribution in [-0.2, 0) is 10.0 Å². The third-order valence-electron chi connectivity index (χ3n) is 2.44. The normalized spacial score (nSPS) is 11.1. The predicted octanol–water partition coefficient (Wildman–Crippen LogP) is 2.14. The van der Waals surface area contributed by atoms with Crippen LogP contribution < -0.4 is 10.5 Å². The molecular formula is C11H9BrN4O4S. The van der Waals surface area contributed by atoms with Crippen molar-refractivity contribution in [2.45, 2.75) is 4.90 Å². The molecule has 0 unspecified atom stereocenters. The van der Waals surface area contributed by atoms with Crippen LogP contribution in [0.15, 0.2) is 45.9 Å². The second kappa shape index (κ2) is 5.66. The van der Waals surface area contributed by atoms with Gasteiger partial charge in [-0.3, -0.25) is 14.8 Å². The van der Waals surface area contributed by atoms with Gasteiger partial charge >= 0.3 is 0 Å². The number of benzene rings is 1. The van der Waals surface area contributed by atoms with Gasteiger partial charge in [-0.1, -0.05) is 0 Å². The number of aromatic nitrogens is 1. The van der Waals surface area contributed by atoms with Crippen molar-refractivity contribution in [1.82, 2.24) is 4.98 Å². The van der Waals surface area contributed by atoms with E-state index in [0.717, 1.165) is 12.1 Å². The Bertz CT molecular complexity index is 792. The number of nitrogens with one attached hydrogen (secondary N) is 1. The van der Waals surface area contributed by atoms with Gasteiger partial charge in [-0.15, -0.1) is 0 Å². The molecule has 0 amide bonds. The number of nitrogen functional groups attached to an aromatic ring is 1. The fraction of sp³-hybridized carbons (Fsp3) is 0. The van der Waals surface area contributed by atoms with Gasteiger partial charge in [-0.25, -0.2) is 13.4 Å². The Hall–Kier alpha value is -2.20. The third kappa shape index (κ3) is 3.47. The fourth-order valence-corrected chi connectivity index (χ4v) is 2.93. The number of nitro benzene ring substituents is 1. The lowest BCUT2D eigenvalue weighted by atomic mass is 10.3. The van der Waals surface area contributed by atoms with E-state index < -0.39 is 25.5 Å². The molecule has 3 N–H and O–H groups in total. The summed E-state index contributed by atoms with van der Waals surface area (Å²) in [7, 11) is -4.14. The summed E-state index contributed by atoms with van der Waals surface area (Å²) in [6, 6.07) is 6.35. The van der Waals surface area contributed by atoms with E-state index in [4.69, 9.17) is 5.73 Å². The highest BCUT2D eigenvalue weighted by molar-refractivity contribution is 9.10. The molecule has 0 aliphatic rings. The summed E-state index contributed by atoms with van der Waals surface area (Å²) in [5.41, 5.74) is 4.94. The molecule has 0 bridgehead atoms. The van der Waals surface area contributed by atoms with Gasteiger partial charge in [0.05, 0.1) is 4.92 Å². The minimum Gasteiger partial charge on any atom is -0.399 e. The maximum absolute atomic E-state index is 12.2. The summed E-state index contributed by atoms with van der Waals surface area (Å²) in [6.07, 6.45) is 1.40. The van der Waals surface area contributed by atoms with Crippen molar-refractivity contribution in [3.8, 4) is 0 Å². The molecule has 2 aromatic rings. The van der Waals surface area contributed by atoms with Gasteiger partial charge < -0.3 is 5.73 Å². The number of anilines is 2. The number of nitrogens with two attached hydrogens (primary N) is 1. The van der Waals surface area contributed by atoms with E-state index >= 15 is 0 Å². The van der Waals surface area contributed by atoms with Crippen LogP contribution in [0.2, 0.25) is 0 Å². The molecule has 0 fully saturated rings. The highest BCUT2D eigenvalue weighted by atomic mass is 79.9. The molecule has 8 nitrogen and oxygen atoms in total. The Morgan fingerprint density at radius 2 is 2.00 bits per heavy atom. The summed E-state index contributed by atoms with van der Waals surface area (Å²) in [4.78, 5) is 13.5. The molecule has 1 aromatic heterocycles. The molecule has 0 saturated heterocycles. The second-order valence-electron chi connectivity index (χ2n) is 3.95. The molecule has 110 valence electrons. The monoisotopic (exact) mass is 372 g/mol. The van der Waals surface area contributed by atoms with Crippen LogP contribution >= 0.6 is 15.9 Å². The molecule has 0 aliphatic heterocycles. The zero-order valence-corrected chi connectivity index (χ0v) is 12.8. The lowest BCUT2D eigenvalue weighted by Crippen LogP contribution is -2.15. The summed E-state index contributed by atoms with van der Waals surface area (Å²) >= 11 is 3.17. The van der Waals surface area contributed by atoms with Crippen LogP contribution in [0.3, 0.4) is 0 Å². The van der Waals surface area contributed by atoms with E-state index in [2.05, 4.69) is 25.6 Å². The first kappa shape index (κ1) is 15.2. The number of nitro groups is 1. The summed E-state index contributed by atoms with van der Waals surface area (Å²) in [5.74, 6) is 0.0457. The standard InChI is InChI=1S/C11H9BrN4O4S/c12-7-1-4-11(14-6-7)15-21(19,20)10-3-2-8(13)5-9(10)16(17)18/h1-6H,13H2,(H,14,15). The van der Waals surface area contributed by atoms with Crippen LogP contribution in [0.1, 0.15) is 0 Å². The zero-order valence-electron chi connectivity index (χ0n) is 10.4. The Morgan fingerprint density at radius 1 is 1.29 bits per heavy atom.